The molecule has 0 aliphatic carbocycles. The van der Waals surface area contributed by atoms with Crippen molar-refractivity contribution in [2.24, 2.45) is 5.73 Å². The molecular weight excluding hydrogens is 248 g/mol. The van der Waals surface area contributed by atoms with Crippen molar-refractivity contribution in [3.63, 3.8) is 0 Å². The molecule has 3 nitrogen and oxygen atoms in total. The van der Waals surface area contributed by atoms with Crippen molar-refractivity contribution in [3.05, 3.63) is 29.8 Å². The molecule has 1 aromatic carbocycles. The van der Waals surface area contributed by atoms with Crippen LogP contribution in [0.2, 0.25) is 0 Å². The molecule has 2 N–H and O–H groups in total. The summed E-state index contributed by atoms with van der Waals surface area (Å²) in [7, 11) is 0. The van der Waals surface area contributed by atoms with E-state index in [4.69, 9.17) is 10.5 Å². The van der Waals surface area contributed by atoms with E-state index in [1.165, 1.54) is 44.3 Å². The predicted octanol–water partition coefficient (Wildman–Crippen LogP) is 3.35. The first-order valence-corrected chi connectivity index (χ1v) is 7.91. The fourth-order valence-corrected chi connectivity index (χ4v) is 2.94. The fourth-order valence-electron chi connectivity index (χ4n) is 2.94. The van der Waals surface area contributed by atoms with Crippen LogP contribution in [0.4, 0.5) is 0 Å². The maximum atomic E-state index is 6.03. The maximum absolute atomic E-state index is 6.03. The van der Waals surface area contributed by atoms with Gasteiger partial charge in [0.2, 0.25) is 0 Å². The van der Waals surface area contributed by atoms with Crippen LogP contribution in [-0.2, 0) is 0 Å². The Labute approximate surface area is 123 Å². The zero-order chi connectivity index (χ0) is 14.4. The highest BCUT2D eigenvalue weighted by molar-refractivity contribution is 5.29. The average molecular weight is 276 g/mol. The lowest BCUT2D eigenvalue weighted by Crippen LogP contribution is -2.34. The Kier molecular flexibility index (Phi) is 5.86. The summed E-state index contributed by atoms with van der Waals surface area (Å²) < 4.78 is 5.70. The molecule has 2 rings (SSSR count). The van der Waals surface area contributed by atoms with Crippen molar-refractivity contribution in [2.45, 2.75) is 51.7 Å². The molecule has 1 aliphatic rings. The van der Waals surface area contributed by atoms with Gasteiger partial charge >= 0.3 is 0 Å². The number of hydrogen-bond acceptors (Lipinski definition) is 3. The minimum Gasteiger partial charge on any atom is -0.491 e. The molecule has 0 bridgehead atoms. The standard InChI is InChI=1S/C17H28N2O/c1-14(2)20-16-9-7-15(8-10-16)17(13-18)19-11-5-3-4-6-12-19/h7-10,14,17H,3-6,11-13,18H2,1-2H3. The Morgan fingerprint density at radius 3 is 2.15 bits per heavy atom. The van der Waals surface area contributed by atoms with E-state index in [-0.39, 0.29) is 6.10 Å². The van der Waals surface area contributed by atoms with Gasteiger partial charge in [0.15, 0.2) is 0 Å². The van der Waals surface area contributed by atoms with Gasteiger partial charge in [-0.05, 0) is 57.5 Å². The van der Waals surface area contributed by atoms with Crippen LogP contribution in [0.5, 0.6) is 5.75 Å². The van der Waals surface area contributed by atoms with Crippen molar-refractivity contribution >= 4 is 0 Å². The molecular formula is C17H28N2O. The van der Waals surface area contributed by atoms with E-state index in [2.05, 4.69) is 29.2 Å². The summed E-state index contributed by atoms with van der Waals surface area (Å²) >= 11 is 0. The molecule has 1 heterocycles. The topological polar surface area (TPSA) is 38.5 Å². The summed E-state index contributed by atoms with van der Waals surface area (Å²) in [6, 6.07) is 8.81. The molecule has 1 aliphatic heterocycles. The lowest BCUT2D eigenvalue weighted by Gasteiger charge is -2.30. The quantitative estimate of drug-likeness (QED) is 0.896. The number of ether oxygens (including phenoxy) is 1. The Balaban J connectivity index is 2.06. The SMILES string of the molecule is CC(C)Oc1ccc(C(CN)N2CCCCCC2)cc1. The third-order valence-corrected chi connectivity index (χ3v) is 3.94. The summed E-state index contributed by atoms with van der Waals surface area (Å²) in [6.45, 7) is 7.13. The van der Waals surface area contributed by atoms with Crippen LogP contribution in [0.3, 0.4) is 0 Å². The van der Waals surface area contributed by atoms with Crippen molar-refractivity contribution < 1.29 is 4.74 Å². The van der Waals surface area contributed by atoms with Crippen LogP contribution < -0.4 is 10.5 Å². The third-order valence-electron chi connectivity index (χ3n) is 3.94. The summed E-state index contributed by atoms with van der Waals surface area (Å²) in [5.74, 6) is 0.940. The molecule has 0 radical (unpaired) electrons. The number of likely N-dealkylation sites (tertiary alicyclic amines) is 1. The molecule has 1 saturated heterocycles. The van der Waals surface area contributed by atoms with Crippen LogP contribution in [0.1, 0.15) is 51.1 Å². The van der Waals surface area contributed by atoms with E-state index in [1.54, 1.807) is 0 Å². The second-order valence-corrected chi connectivity index (χ2v) is 5.94. The lowest BCUT2D eigenvalue weighted by atomic mass is 10.0. The van der Waals surface area contributed by atoms with E-state index in [9.17, 15) is 0 Å². The van der Waals surface area contributed by atoms with Gasteiger partial charge in [0.1, 0.15) is 5.75 Å². The minimum atomic E-state index is 0.219. The van der Waals surface area contributed by atoms with Gasteiger partial charge in [-0.25, -0.2) is 0 Å². The van der Waals surface area contributed by atoms with Crippen LogP contribution in [0.25, 0.3) is 0 Å². The largest absolute Gasteiger partial charge is 0.491 e. The van der Waals surface area contributed by atoms with E-state index in [0.29, 0.717) is 12.6 Å². The van der Waals surface area contributed by atoms with Gasteiger partial charge in [0.05, 0.1) is 6.10 Å². The number of nitrogens with two attached hydrogens (primary N) is 1. The number of rotatable bonds is 5. The highest BCUT2D eigenvalue weighted by Crippen LogP contribution is 2.25. The van der Waals surface area contributed by atoms with Crippen molar-refractivity contribution in [3.8, 4) is 5.75 Å². The van der Waals surface area contributed by atoms with E-state index >= 15 is 0 Å². The Bertz CT molecular complexity index is 380. The zero-order valence-corrected chi connectivity index (χ0v) is 12.8. The van der Waals surface area contributed by atoms with E-state index < -0.39 is 0 Å². The minimum absolute atomic E-state index is 0.219. The number of hydrogen-bond donors (Lipinski definition) is 1. The van der Waals surface area contributed by atoms with Gasteiger partial charge in [-0.3, -0.25) is 4.90 Å². The van der Waals surface area contributed by atoms with Gasteiger partial charge in [-0.15, -0.1) is 0 Å². The molecule has 1 atom stereocenters. The number of benzene rings is 1. The molecule has 20 heavy (non-hydrogen) atoms. The summed E-state index contributed by atoms with van der Waals surface area (Å²) in [5, 5.41) is 0. The molecule has 0 amide bonds. The molecule has 112 valence electrons. The first kappa shape index (κ1) is 15.3. The predicted molar refractivity (Wildman–Crippen MR) is 84.0 cm³/mol. The van der Waals surface area contributed by atoms with Gasteiger partial charge in [-0.1, -0.05) is 25.0 Å². The van der Waals surface area contributed by atoms with Gasteiger partial charge < -0.3 is 10.5 Å². The summed E-state index contributed by atoms with van der Waals surface area (Å²) in [6.07, 6.45) is 5.52. The first-order valence-electron chi connectivity index (χ1n) is 7.91. The fraction of sp³-hybridized carbons (Fsp3) is 0.647. The van der Waals surface area contributed by atoms with Gasteiger partial charge in [-0.2, -0.15) is 0 Å². The average Bonchev–Trinajstić information content (AvgIpc) is 2.70. The maximum Gasteiger partial charge on any atom is 0.119 e. The molecule has 0 saturated carbocycles. The molecule has 1 fully saturated rings. The van der Waals surface area contributed by atoms with Crippen LogP contribution in [-0.4, -0.2) is 30.6 Å². The smallest absolute Gasteiger partial charge is 0.119 e. The van der Waals surface area contributed by atoms with Gasteiger partial charge in [0, 0.05) is 12.6 Å². The Morgan fingerprint density at radius 1 is 1.05 bits per heavy atom. The van der Waals surface area contributed by atoms with Crippen LogP contribution in [0, 0.1) is 0 Å². The van der Waals surface area contributed by atoms with E-state index in [1.807, 2.05) is 13.8 Å². The molecule has 1 unspecified atom stereocenters. The molecule has 1 aromatic rings. The lowest BCUT2D eigenvalue weighted by molar-refractivity contribution is 0.209. The van der Waals surface area contributed by atoms with E-state index in [0.717, 1.165) is 5.75 Å². The van der Waals surface area contributed by atoms with Crippen LogP contribution in [0.15, 0.2) is 24.3 Å². The summed E-state index contributed by atoms with van der Waals surface area (Å²) in [4.78, 5) is 2.55. The molecule has 3 heteroatoms. The summed E-state index contributed by atoms with van der Waals surface area (Å²) in [5.41, 5.74) is 7.34. The van der Waals surface area contributed by atoms with Gasteiger partial charge in [0.25, 0.3) is 0 Å². The van der Waals surface area contributed by atoms with Crippen molar-refractivity contribution in [1.82, 2.24) is 4.90 Å². The third kappa shape index (κ3) is 4.22. The zero-order valence-electron chi connectivity index (χ0n) is 12.8. The van der Waals surface area contributed by atoms with Crippen LogP contribution >= 0.6 is 0 Å². The first-order chi connectivity index (χ1) is 9.70. The monoisotopic (exact) mass is 276 g/mol. The second-order valence-electron chi connectivity index (χ2n) is 5.94. The highest BCUT2D eigenvalue weighted by atomic mass is 16.5. The van der Waals surface area contributed by atoms with Crippen molar-refractivity contribution in [2.75, 3.05) is 19.6 Å². The highest BCUT2D eigenvalue weighted by Gasteiger charge is 2.20. The Hall–Kier alpha value is -1.06. The second kappa shape index (κ2) is 7.65. The Morgan fingerprint density at radius 2 is 1.65 bits per heavy atom. The van der Waals surface area contributed by atoms with Crippen molar-refractivity contribution in [1.29, 1.82) is 0 Å². The molecule has 0 spiro atoms. The normalized spacial score (nSPS) is 18.8. The molecule has 0 aromatic heterocycles. The number of nitrogens with zero attached hydrogens (tertiary/aromatic N) is 1.